The molecule has 3 heterocycles. The molecule has 2 aliphatic rings. The molecule has 0 radical (unpaired) electrons. The lowest BCUT2D eigenvalue weighted by atomic mass is 10.1. The molecule has 2 saturated heterocycles. The Bertz CT molecular complexity index is 1140. The minimum atomic E-state index is 0.405. The SMILES string of the molecule is Clc1ccccc1COc1cccc(C=NNc2nc(N3CCCCC3)nc(N3CCCCC3)n2)c1. The average Bonchev–Trinajstić information content (AvgIpc) is 2.94. The highest BCUT2D eigenvalue weighted by molar-refractivity contribution is 6.31. The topological polar surface area (TPSA) is 78.8 Å². The van der Waals surface area contributed by atoms with Crippen molar-refractivity contribution >= 4 is 35.7 Å². The first-order valence-electron chi connectivity index (χ1n) is 12.8. The number of hydrogen-bond donors (Lipinski definition) is 1. The van der Waals surface area contributed by atoms with E-state index >= 15 is 0 Å². The van der Waals surface area contributed by atoms with E-state index in [-0.39, 0.29) is 0 Å². The number of halogens is 1. The fourth-order valence-electron chi connectivity index (χ4n) is 4.50. The van der Waals surface area contributed by atoms with E-state index in [2.05, 4.69) is 30.3 Å². The molecule has 0 spiro atoms. The zero-order chi connectivity index (χ0) is 24.6. The number of benzene rings is 2. The zero-order valence-electron chi connectivity index (χ0n) is 20.4. The number of hydrogen-bond acceptors (Lipinski definition) is 8. The van der Waals surface area contributed by atoms with Crippen LogP contribution in [0.5, 0.6) is 5.75 Å². The molecule has 2 aromatic carbocycles. The Morgan fingerprint density at radius 2 is 1.50 bits per heavy atom. The molecular weight excluding hydrogens is 474 g/mol. The second-order valence-electron chi connectivity index (χ2n) is 9.18. The van der Waals surface area contributed by atoms with Gasteiger partial charge in [-0.2, -0.15) is 20.1 Å². The maximum absolute atomic E-state index is 6.24. The van der Waals surface area contributed by atoms with Gasteiger partial charge in [-0.1, -0.05) is 41.9 Å². The fourth-order valence-corrected chi connectivity index (χ4v) is 4.69. The maximum atomic E-state index is 6.24. The molecule has 0 aliphatic carbocycles. The van der Waals surface area contributed by atoms with Gasteiger partial charge in [-0.3, -0.25) is 0 Å². The molecule has 0 amide bonds. The average molecular weight is 506 g/mol. The summed E-state index contributed by atoms with van der Waals surface area (Å²) in [6, 6.07) is 15.5. The van der Waals surface area contributed by atoms with Crippen LogP contribution in [0, 0.1) is 0 Å². The number of piperidine rings is 2. The first-order chi connectivity index (χ1) is 17.7. The van der Waals surface area contributed by atoms with Crippen molar-refractivity contribution < 1.29 is 4.74 Å². The van der Waals surface area contributed by atoms with E-state index in [1.165, 1.54) is 38.5 Å². The van der Waals surface area contributed by atoms with Crippen molar-refractivity contribution in [3.63, 3.8) is 0 Å². The van der Waals surface area contributed by atoms with Crippen molar-refractivity contribution in [1.82, 2.24) is 15.0 Å². The molecule has 2 aliphatic heterocycles. The van der Waals surface area contributed by atoms with E-state index in [1.54, 1.807) is 6.21 Å². The molecule has 0 saturated carbocycles. The van der Waals surface area contributed by atoms with Crippen molar-refractivity contribution in [3.05, 3.63) is 64.7 Å². The maximum Gasteiger partial charge on any atom is 0.250 e. The van der Waals surface area contributed by atoms with Gasteiger partial charge in [0.05, 0.1) is 6.21 Å². The van der Waals surface area contributed by atoms with E-state index in [1.807, 2.05) is 48.5 Å². The molecule has 1 N–H and O–H groups in total. The predicted molar refractivity (Wildman–Crippen MR) is 145 cm³/mol. The Kier molecular flexibility index (Phi) is 8.13. The quantitative estimate of drug-likeness (QED) is 0.318. The Balaban J connectivity index is 1.27. The molecule has 8 nitrogen and oxygen atoms in total. The summed E-state index contributed by atoms with van der Waals surface area (Å²) in [6.07, 6.45) is 8.93. The van der Waals surface area contributed by atoms with Crippen LogP contribution in [0.1, 0.15) is 49.7 Å². The third kappa shape index (κ3) is 6.43. The van der Waals surface area contributed by atoms with E-state index in [0.29, 0.717) is 17.6 Å². The summed E-state index contributed by atoms with van der Waals surface area (Å²) in [5, 5.41) is 5.12. The number of nitrogens with zero attached hydrogens (tertiary/aromatic N) is 6. The highest BCUT2D eigenvalue weighted by Crippen LogP contribution is 2.23. The molecule has 5 rings (SSSR count). The number of anilines is 3. The monoisotopic (exact) mass is 505 g/mol. The van der Waals surface area contributed by atoms with Gasteiger partial charge in [-0.15, -0.1) is 0 Å². The lowest BCUT2D eigenvalue weighted by Crippen LogP contribution is -2.34. The summed E-state index contributed by atoms with van der Waals surface area (Å²) in [4.78, 5) is 18.7. The Morgan fingerprint density at radius 1 is 0.833 bits per heavy atom. The molecule has 2 fully saturated rings. The van der Waals surface area contributed by atoms with Crippen molar-refractivity contribution in [1.29, 1.82) is 0 Å². The Labute approximate surface area is 217 Å². The van der Waals surface area contributed by atoms with E-state index in [9.17, 15) is 0 Å². The normalized spacial score (nSPS) is 16.4. The van der Waals surface area contributed by atoms with Gasteiger partial charge < -0.3 is 14.5 Å². The van der Waals surface area contributed by atoms with Crippen molar-refractivity contribution in [2.75, 3.05) is 41.4 Å². The van der Waals surface area contributed by atoms with Gasteiger partial charge in [0.15, 0.2) is 0 Å². The van der Waals surface area contributed by atoms with Gasteiger partial charge in [-0.25, -0.2) is 5.43 Å². The van der Waals surface area contributed by atoms with Crippen molar-refractivity contribution in [2.24, 2.45) is 5.10 Å². The predicted octanol–water partition coefficient (Wildman–Crippen LogP) is 5.53. The van der Waals surface area contributed by atoms with Gasteiger partial charge in [0.2, 0.25) is 17.8 Å². The van der Waals surface area contributed by atoms with Gasteiger partial charge >= 0.3 is 0 Å². The summed E-state index contributed by atoms with van der Waals surface area (Å²) in [5.41, 5.74) is 4.88. The molecule has 0 atom stereocenters. The van der Waals surface area contributed by atoms with E-state index < -0.39 is 0 Å². The van der Waals surface area contributed by atoms with Crippen LogP contribution in [-0.4, -0.2) is 47.3 Å². The van der Waals surface area contributed by atoms with Gasteiger partial charge in [-0.05, 0) is 62.3 Å². The molecule has 3 aromatic rings. The number of aromatic nitrogens is 3. The van der Waals surface area contributed by atoms with Crippen LogP contribution in [0.2, 0.25) is 5.02 Å². The lowest BCUT2D eigenvalue weighted by Gasteiger charge is -2.30. The fraction of sp³-hybridized carbons (Fsp3) is 0.407. The third-order valence-electron chi connectivity index (χ3n) is 6.48. The molecule has 36 heavy (non-hydrogen) atoms. The largest absolute Gasteiger partial charge is 0.489 e. The van der Waals surface area contributed by atoms with Crippen LogP contribution >= 0.6 is 11.6 Å². The number of hydrazone groups is 1. The highest BCUT2D eigenvalue weighted by atomic mass is 35.5. The third-order valence-corrected chi connectivity index (χ3v) is 6.85. The smallest absolute Gasteiger partial charge is 0.250 e. The minimum absolute atomic E-state index is 0.405. The van der Waals surface area contributed by atoms with Crippen molar-refractivity contribution in [2.45, 2.75) is 45.1 Å². The second-order valence-corrected chi connectivity index (χ2v) is 9.58. The second kappa shape index (κ2) is 12.0. The lowest BCUT2D eigenvalue weighted by molar-refractivity contribution is 0.306. The van der Waals surface area contributed by atoms with E-state index in [0.717, 1.165) is 55.0 Å². The zero-order valence-corrected chi connectivity index (χ0v) is 21.2. The minimum Gasteiger partial charge on any atom is -0.489 e. The number of rotatable bonds is 8. The summed E-state index contributed by atoms with van der Waals surface area (Å²) >= 11 is 6.24. The first-order valence-corrected chi connectivity index (χ1v) is 13.1. The summed E-state index contributed by atoms with van der Waals surface area (Å²) in [7, 11) is 0. The Morgan fingerprint density at radius 3 is 2.17 bits per heavy atom. The Hall–Kier alpha value is -3.39. The summed E-state index contributed by atoms with van der Waals surface area (Å²) in [6.45, 7) is 4.32. The van der Waals surface area contributed by atoms with Crippen LogP contribution in [0.4, 0.5) is 17.8 Å². The number of ether oxygens (including phenoxy) is 1. The number of nitrogens with one attached hydrogen (secondary N) is 1. The molecule has 0 unspecified atom stereocenters. The standard InChI is InChI=1S/C27H32ClN7O/c28-24-13-4-3-11-22(24)20-36-23-12-9-10-21(18-23)19-29-33-25-30-26(34-14-5-1-6-15-34)32-27(31-25)35-16-7-2-8-17-35/h3-4,9-13,18-19H,1-2,5-8,14-17,20H2,(H,30,31,32,33). The van der Waals surface area contributed by atoms with Crippen LogP contribution in [0.3, 0.4) is 0 Å². The van der Waals surface area contributed by atoms with Crippen LogP contribution in [-0.2, 0) is 6.61 Å². The summed E-state index contributed by atoms with van der Waals surface area (Å²) < 4.78 is 5.93. The first kappa shape index (κ1) is 24.3. The van der Waals surface area contributed by atoms with Gasteiger partial charge in [0.25, 0.3) is 0 Å². The molecule has 1 aromatic heterocycles. The van der Waals surface area contributed by atoms with Gasteiger partial charge in [0.1, 0.15) is 12.4 Å². The van der Waals surface area contributed by atoms with Crippen LogP contribution in [0.15, 0.2) is 53.6 Å². The van der Waals surface area contributed by atoms with Crippen molar-refractivity contribution in [3.8, 4) is 5.75 Å². The molecule has 188 valence electrons. The van der Waals surface area contributed by atoms with Gasteiger partial charge in [0, 0.05) is 36.8 Å². The van der Waals surface area contributed by atoms with Crippen LogP contribution < -0.4 is 20.0 Å². The molecular formula is C27H32ClN7O. The summed E-state index contributed by atoms with van der Waals surface area (Å²) in [5.74, 6) is 2.68. The van der Waals surface area contributed by atoms with Crippen LogP contribution in [0.25, 0.3) is 0 Å². The molecule has 0 bridgehead atoms. The highest BCUT2D eigenvalue weighted by Gasteiger charge is 2.20. The molecule has 9 heteroatoms. The van der Waals surface area contributed by atoms with E-state index in [4.69, 9.17) is 21.3 Å².